The predicted octanol–water partition coefficient (Wildman–Crippen LogP) is 3.52. The number of pyridine rings is 1. The maximum absolute atomic E-state index is 8.89. The van der Waals surface area contributed by atoms with Gasteiger partial charge in [0.25, 0.3) is 0 Å². The normalized spacial score (nSPS) is 10.1. The number of halogens is 2. The molecule has 0 aliphatic heterocycles. The largest absolute Gasteiger partial charge is 0.244 e. The van der Waals surface area contributed by atoms with Gasteiger partial charge in [0.1, 0.15) is 5.15 Å². The molecule has 2 rings (SSSR count). The number of rotatable bonds is 0. The van der Waals surface area contributed by atoms with E-state index in [9.17, 15) is 0 Å². The fourth-order valence-electron chi connectivity index (χ4n) is 1.28. The summed E-state index contributed by atoms with van der Waals surface area (Å²) in [5, 5.41) is 11.0. The van der Waals surface area contributed by atoms with Gasteiger partial charge in [0.05, 0.1) is 11.6 Å². The lowest BCUT2D eigenvalue weighted by atomic mass is 10.1. The Balaban J connectivity index is 2.94. The van der Waals surface area contributed by atoms with Gasteiger partial charge in [-0.25, -0.2) is 4.98 Å². The third-order valence-corrected chi connectivity index (χ3v) is 2.83. The number of nitriles is 1. The second-order valence-corrected chi connectivity index (χ2v) is 4.00. The molecule has 0 saturated carbocycles. The molecule has 0 unspecified atom stereocenters. The van der Waals surface area contributed by atoms with Crippen molar-refractivity contribution in [3.63, 3.8) is 0 Å². The Hall–Kier alpha value is -1.11. The van der Waals surface area contributed by atoms with Gasteiger partial charge in [-0.3, -0.25) is 0 Å². The molecule has 0 bridgehead atoms. The Labute approximate surface area is 94.3 Å². The van der Waals surface area contributed by atoms with Gasteiger partial charge in [0, 0.05) is 21.4 Å². The summed E-state index contributed by atoms with van der Waals surface area (Å²) < 4.78 is 0.913. The first-order chi connectivity index (χ1) is 6.72. The Bertz CT molecular complexity index is 546. The van der Waals surface area contributed by atoms with E-state index in [1.165, 1.54) is 0 Å². The molecule has 4 heteroatoms. The van der Waals surface area contributed by atoms with Crippen LogP contribution in [0.2, 0.25) is 5.15 Å². The van der Waals surface area contributed by atoms with Crippen LogP contribution in [0.5, 0.6) is 0 Å². The predicted molar refractivity (Wildman–Crippen MR) is 59.2 cm³/mol. The van der Waals surface area contributed by atoms with Crippen molar-refractivity contribution in [2.24, 2.45) is 0 Å². The van der Waals surface area contributed by atoms with Gasteiger partial charge in [0.2, 0.25) is 0 Å². The molecule has 2 aromatic rings. The quantitative estimate of drug-likeness (QED) is 0.685. The molecule has 68 valence electrons. The monoisotopic (exact) mass is 266 g/mol. The summed E-state index contributed by atoms with van der Waals surface area (Å²) in [7, 11) is 0. The van der Waals surface area contributed by atoms with Gasteiger partial charge in [-0.2, -0.15) is 5.26 Å². The number of aromatic nitrogens is 1. The van der Waals surface area contributed by atoms with E-state index in [1.54, 1.807) is 18.3 Å². The standard InChI is InChI=1S/C10H4BrClN2/c11-9-2-1-6(4-13)7-3-10(12)14-5-8(7)9/h1-3,5H. The topological polar surface area (TPSA) is 36.7 Å². The van der Waals surface area contributed by atoms with Gasteiger partial charge < -0.3 is 0 Å². The minimum Gasteiger partial charge on any atom is -0.244 e. The van der Waals surface area contributed by atoms with E-state index in [4.69, 9.17) is 16.9 Å². The zero-order valence-electron chi connectivity index (χ0n) is 6.96. The average Bonchev–Trinajstić information content (AvgIpc) is 2.18. The highest BCUT2D eigenvalue weighted by molar-refractivity contribution is 9.10. The van der Waals surface area contributed by atoms with Crippen molar-refractivity contribution in [2.75, 3.05) is 0 Å². The summed E-state index contributed by atoms with van der Waals surface area (Å²) in [6.45, 7) is 0. The summed E-state index contributed by atoms with van der Waals surface area (Å²) in [6.07, 6.45) is 1.66. The van der Waals surface area contributed by atoms with Crippen molar-refractivity contribution in [3.8, 4) is 6.07 Å². The first-order valence-corrected chi connectivity index (χ1v) is 5.03. The molecule has 0 saturated heterocycles. The summed E-state index contributed by atoms with van der Waals surface area (Å²) in [6, 6.07) is 7.39. The van der Waals surface area contributed by atoms with E-state index in [1.807, 2.05) is 6.07 Å². The fraction of sp³-hybridized carbons (Fsp3) is 0. The molecule has 0 N–H and O–H groups in total. The van der Waals surface area contributed by atoms with Gasteiger partial charge >= 0.3 is 0 Å². The maximum Gasteiger partial charge on any atom is 0.129 e. The number of hydrogen-bond donors (Lipinski definition) is 0. The zero-order chi connectivity index (χ0) is 10.1. The van der Waals surface area contributed by atoms with Crippen molar-refractivity contribution >= 4 is 38.3 Å². The van der Waals surface area contributed by atoms with Crippen LogP contribution in [0.4, 0.5) is 0 Å². The van der Waals surface area contributed by atoms with Crippen molar-refractivity contribution in [3.05, 3.63) is 39.6 Å². The minimum atomic E-state index is 0.395. The fourth-order valence-corrected chi connectivity index (χ4v) is 1.88. The van der Waals surface area contributed by atoms with Crippen LogP contribution in [0.15, 0.2) is 28.9 Å². The highest BCUT2D eigenvalue weighted by Gasteiger charge is 2.04. The molecule has 1 aromatic carbocycles. The number of hydrogen-bond acceptors (Lipinski definition) is 2. The van der Waals surface area contributed by atoms with Gasteiger partial charge in [0.15, 0.2) is 0 Å². The molecule has 0 atom stereocenters. The van der Waals surface area contributed by atoms with E-state index in [-0.39, 0.29) is 0 Å². The summed E-state index contributed by atoms with van der Waals surface area (Å²) in [4.78, 5) is 3.97. The smallest absolute Gasteiger partial charge is 0.129 e. The maximum atomic E-state index is 8.89. The van der Waals surface area contributed by atoms with E-state index in [0.717, 1.165) is 15.2 Å². The summed E-state index contributed by atoms with van der Waals surface area (Å²) in [5.74, 6) is 0. The molecule has 0 aliphatic carbocycles. The van der Waals surface area contributed by atoms with E-state index < -0.39 is 0 Å². The molecular formula is C10H4BrClN2. The lowest BCUT2D eigenvalue weighted by molar-refractivity contribution is 1.36. The van der Waals surface area contributed by atoms with Crippen LogP contribution in [0, 0.1) is 11.3 Å². The number of fused-ring (bicyclic) bond motifs is 1. The van der Waals surface area contributed by atoms with Crippen LogP contribution in [-0.4, -0.2) is 4.98 Å². The van der Waals surface area contributed by atoms with Gasteiger partial charge in [-0.15, -0.1) is 0 Å². The van der Waals surface area contributed by atoms with Crippen LogP contribution in [-0.2, 0) is 0 Å². The molecule has 1 heterocycles. The number of benzene rings is 1. The number of nitrogens with zero attached hydrogens (tertiary/aromatic N) is 2. The highest BCUT2D eigenvalue weighted by atomic mass is 79.9. The average molecular weight is 268 g/mol. The first kappa shape index (κ1) is 9.45. The molecular weight excluding hydrogens is 263 g/mol. The Morgan fingerprint density at radius 2 is 2.14 bits per heavy atom. The molecule has 14 heavy (non-hydrogen) atoms. The molecule has 2 nitrogen and oxygen atoms in total. The van der Waals surface area contributed by atoms with E-state index in [2.05, 4.69) is 27.0 Å². The third-order valence-electron chi connectivity index (χ3n) is 1.93. The van der Waals surface area contributed by atoms with Gasteiger partial charge in [-0.05, 0) is 18.2 Å². The lowest BCUT2D eigenvalue weighted by Gasteiger charge is -2.02. The second-order valence-electron chi connectivity index (χ2n) is 2.76. The molecule has 0 amide bonds. The Morgan fingerprint density at radius 3 is 2.86 bits per heavy atom. The molecule has 0 radical (unpaired) electrons. The molecule has 0 fully saturated rings. The Kier molecular flexibility index (Phi) is 2.40. The summed E-state index contributed by atoms with van der Waals surface area (Å²) in [5.41, 5.74) is 0.604. The second kappa shape index (κ2) is 3.56. The van der Waals surface area contributed by atoms with Crippen molar-refractivity contribution in [2.45, 2.75) is 0 Å². The van der Waals surface area contributed by atoms with Crippen molar-refractivity contribution < 1.29 is 0 Å². The lowest BCUT2D eigenvalue weighted by Crippen LogP contribution is -1.83. The third kappa shape index (κ3) is 1.47. The van der Waals surface area contributed by atoms with Crippen LogP contribution >= 0.6 is 27.5 Å². The summed E-state index contributed by atoms with van der Waals surface area (Å²) >= 11 is 9.16. The van der Waals surface area contributed by atoms with Crippen LogP contribution in [0.1, 0.15) is 5.56 Å². The zero-order valence-corrected chi connectivity index (χ0v) is 9.30. The molecule has 0 spiro atoms. The van der Waals surface area contributed by atoms with Gasteiger partial charge in [-0.1, -0.05) is 27.5 Å². The SMILES string of the molecule is N#Cc1ccc(Br)c2cnc(Cl)cc12. The highest BCUT2D eigenvalue weighted by Crippen LogP contribution is 2.27. The van der Waals surface area contributed by atoms with Crippen molar-refractivity contribution in [1.82, 2.24) is 4.98 Å². The van der Waals surface area contributed by atoms with Crippen molar-refractivity contribution in [1.29, 1.82) is 5.26 Å². The van der Waals surface area contributed by atoms with E-state index in [0.29, 0.717) is 10.7 Å². The van der Waals surface area contributed by atoms with Crippen LogP contribution < -0.4 is 0 Å². The first-order valence-electron chi connectivity index (χ1n) is 3.86. The molecule has 1 aromatic heterocycles. The molecule has 0 aliphatic rings. The van der Waals surface area contributed by atoms with Crippen LogP contribution in [0.25, 0.3) is 10.8 Å². The minimum absolute atomic E-state index is 0.395. The van der Waals surface area contributed by atoms with Crippen LogP contribution in [0.3, 0.4) is 0 Å². The Morgan fingerprint density at radius 1 is 1.36 bits per heavy atom. The van der Waals surface area contributed by atoms with E-state index >= 15 is 0 Å².